The highest BCUT2D eigenvalue weighted by molar-refractivity contribution is 5.96. The van der Waals surface area contributed by atoms with Gasteiger partial charge in [-0.3, -0.25) is 9.78 Å². The van der Waals surface area contributed by atoms with Gasteiger partial charge in [0.2, 0.25) is 0 Å². The van der Waals surface area contributed by atoms with Gasteiger partial charge in [0.25, 0.3) is 0 Å². The van der Waals surface area contributed by atoms with Crippen molar-refractivity contribution in [1.82, 2.24) is 10.3 Å². The van der Waals surface area contributed by atoms with E-state index in [4.69, 9.17) is 0 Å². The Morgan fingerprint density at radius 1 is 1.39 bits per heavy atom. The molecule has 1 aromatic heterocycles. The van der Waals surface area contributed by atoms with Gasteiger partial charge in [0, 0.05) is 24.7 Å². The maximum Gasteiger partial charge on any atom is 0.166 e. The molecule has 0 amide bonds. The number of hydrogen-bond acceptors (Lipinski definition) is 3. The summed E-state index contributed by atoms with van der Waals surface area (Å²) >= 11 is 0. The molecule has 2 atom stereocenters. The van der Waals surface area contributed by atoms with Gasteiger partial charge in [0.1, 0.15) is 0 Å². The zero-order valence-corrected chi connectivity index (χ0v) is 10.2. The van der Waals surface area contributed by atoms with Crippen LogP contribution in [-0.2, 0) is 0 Å². The van der Waals surface area contributed by atoms with Crippen LogP contribution in [0.2, 0.25) is 0 Å². The summed E-state index contributed by atoms with van der Waals surface area (Å²) in [5.74, 6) is -0.176. The first kappa shape index (κ1) is 11.8. The molecule has 0 aliphatic carbocycles. The molecular weight excluding hydrogens is 231 g/mol. The lowest BCUT2D eigenvalue weighted by molar-refractivity contribution is 0.0941. The minimum absolute atomic E-state index is 0.0822. The number of Topliss-reactive ketones (excluding diaryl/α,β-unsaturated/α-hetero) is 1. The molecule has 2 aliphatic rings. The van der Waals surface area contributed by atoms with Crippen molar-refractivity contribution in [2.75, 3.05) is 0 Å². The summed E-state index contributed by atoms with van der Waals surface area (Å²) in [6, 6.07) is 2.63. The zero-order chi connectivity index (χ0) is 12.5. The van der Waals surface area contributed by atoms with Crippen LogP contribution >= 0.6 is 0 Å². The van der Waals surface area contributed by atoms with Gasteiger partial charge in [-0.2, -0.15) is 0 Å². The first-order chi connectivity index (χ1) is 8.72. The maximum atomic E-state index is 13.5. The number of pyridine rings is 1. The minimum atomic E-state index is -0.501. The first-order valence-corrected chi connectivity index (χ1v) is 6.61. The van der Waals surface area contributed by atoms with E-state index < -0.39 is 5.82 Å². The summed E-state index contributed by atoms with van der Waals surface area (Å²) < 4.78 is 13.5. The molecule has 3 nitrogen and oxygen atoms in total. The number of fused-ring (bicyclic) bond motifs is 2. The van der Waals surface area contributed by atoms with Gasteiger partial charge in [-0.25, -0.2) is 4.39 Å². The van der Waals surface area contributed by atoms with Crippen LogP contribution < -0.4 is 5.32 Å². The highest BCUT2D eigenvalue weighted by atomic mass is 19.1. The smallest absolute Gasteiger partial charge is 0.166 e. The fourth-order valence-electron chi connectivity index (χ4n) is 3.32. The standard InChI is InChI=1S/C14H17FN2O/c15-13-8-16-4-3-12(13)14(18)7-9-5-10-1-2-11(6-9)17-10/h3-4,8-11,17H,1-2,5-7H2. The summed E-state index contributed by atoms with van der Waals surface area (Å²) in [6.45, 7) is 0. The third-order valence-electron chi connectivity index (χ3n) is 4.12. The summed E-state index contributed by atoms with van der Waals surface area (Å²) in [6.07, 6.45) is 7.60. The summed E-state index contributed by atoms with van der Waals surface area (Å²) in [5, 5.41) is 3.55. The van der Waals surface area contributed by atoms with E-state index in [2.05, 4.69) is 10.3 Å². The lowest BCUT2D eigenvalue weighted by Gasteiger charge is -2.28. The Hall–Kier alpha value is -1.29. The number of carbonyl (C=O) groups is 1. The predicted molar refractivity (Wildman–Crippen MR) is 65.8 cm³/mol. The van der Waals surface area contributed by atoms with Gasteiger partial charge in [-0.1, -0.05) is 0 Å². The van der Waals surface area contributed by atoms with E-state index in [1.165, 1.54) is 25.1 Å². The van der Waals surface area contributed by atoms with Crippen LogP contribution in [-0.4, -0.2) is 22.9 Å². The van der Waals surface area contributed by atoms with Gasteiger partial charge in [0.05, 0.1) is 11.8 Å². The van der Waals surface area contributed by atoms with Crippen LogP contribution in [0, 0.1) is 11.7 Å². The topological polar surface area (TPSA) is 42.0 Å². The van der Waals surface area contributed by atoms with Gasteiger partial charge in [0.15, 0.2) is 11.6 Å². The molecule has 2 aliphatic heterocycles. The molecule has 3 heterocycles. The Morgan fingerprint density at radius 3 is 2.78 bits per heavy atom. The molecule has 2 unspecified atom stereocenters. The van der Waals surface area contributed by atoms with Crippen molar-refractivity contribution in [3.63, 3.8) is 0 Å². The second-order valence-electron chi connectivity index (χ2n) is 5.46. The summed E-state index contributed by atoms with van der Waals surface area (Å²) in [7, 11) is 0. The number of nitrogens with zero attached hydrogens (tertiary/aromatic N) is 1. The first-order valence-electron chi connectivity index (χ1n) is 6.61. The van der Waals surface area contributed by atoms with E-state index in [-0.39, 0.29) is 11.3 Å². The van der Waals surface area contributed by atoms with Crippen LogP contribution in [0.1, 0.15) is 42.5 Å². The van der Waals surface area contributed by atoms with Gasteiger partial charge < -0.3 is 5.32 Å². The molecule has 0 saturated carbocycles. The average molecular weight is 248 g/mol. The van der Waals surface area contributed by atoms with E-state index >= 15 is 0 Å². The Kier molecular flexibility index (Phi) is 3.12. The van der Waals surface area contributed by atoms with E-state index in [9.17, 15) is 9.18 Å². The lowest BCUT2D eigenvalue weighted by Crippen LogP contribution is -2.38. The van der Waals surface area contributed by atoms with Gasteiger partial charge in [-0.05, 0) is 37.7 Å². The van der Waals surface area contributed by atoms with Crippen molar-refractivity contribution >= 4 is 5.78 Å². The fourth-order valence-corrected chi connectivity index (χ4v) is 3.32. The third-order valence-corrected chi connectivity index (χ3v) is 4.12. The molecule has 1 aromatic rings. The number of carbonyl (C=O) groups excluding carboxylic acids is 1. The van der Waals surface area contributed by atoms with Crippen LogP contribution in [0.3, 0.4) is 0 Å². The normalized spacial score (nSPS) is 30.4. The molecule has 0 spiro atoms. The Bertz CT molecular complexity index is 451. The minimum Gasteiger partial charge on any atom is -0.311 e. The number of aromatic nitrogens is 1. The highest BCUT2D eigenvalue weighted by Crippen LogP contribution is 2.33. The quantitative estimate of drug-likeness (QED) is 0.835. The van der Waals surface area contributed by atoms with Crippen molar-refractivity contribution in [1.29, 1.82) is 0 Å². The molecule has 0 aromatic carbocycles. The molecule has 4 heteroatoms. The van der Waals surface area contributed by atoms with Crippen LogP contribution in [0.25, 0.3) is 0 Å². The van der Waals surface area contributed by atoms with E-state index in [0.717, 1.165) is 19.0 Å². The molecule has 18 heavy (non-hydrogen) atoms. The van der Waals surface area contributed by atoms with Crippen molar-refractivity contribution in [3.8, 4) is 0 Å². The van der Waals surface area contributed by atoms with Gasteiger partial charge >= 0.3 is 0 Å². The SMILES string of the molecule is O=C(CC1CC2CCC(C1)N2)c1ccncc1F. The van der Waals surface area contributed by atoms with E-state index in [1.54, 1.807) is 0 Å². The van der Waals surface area contributed by atoms with Crippen molar-refractivity contribution in [3.05, 3.63) is 29.8 Å². The predicted octanol–water partition coefficient (Wildman–Crippen LogP) is 2.32. The van der Waals surface area contributed by atoms with Crippen LogP contribution in [0.5, 0.6) is 0 Å². The highest BCUT2D eigenvalue weighted by Gasteiger charge is 2.34. The third kappa shape index (κ3) is 2.29. The fraction of sp³-hybridized carbons (Fsp3) is 0.571. The zero-order valence-electron chi connectivity index (χ0n) is 10.2. The second-order valence-corrected chi connectivity index (χ2v) is 5.46. The number of halogens is 1. The van der Waals surface area contributed by atoms with Crippen molar-refractivity contribution in [2.45, 2.75) is 44.2 Å². The van der Waals surface area contributed by atoms with Crippen LogP contribution in [0.4, 0.5) is 4.39 Å². The van der Waals surface area contributed by atoms with Crippen LogP contribution in [0.15, 0.2) is 18.5 Å². The van der Waals surface area contributed by atoms with Gasteiger partial charge in [-0.15, -0.1) is 0 Å². The van der Waals surface area contributed by atoms with Crippen molar-refractivity contribution < 1.29 is 9.18 Å². The Balaban J connectivity index is 1.66. The molecule has 2 fully saturated rings. The largest absolute Gasteiger partial charge is 0.311 e. The molecule has 0 radical (unpaired) electrons. The molecule has 2 saturated heterocycles. The lowest BCUT2D eigenvalue weighted by atomic mass is 9.87. The summed E-state index contributed by atoms with van der Waals surface area (Å²) in [5.41, 5.74) is 0.191. The maximum absolute atomic E-state index is 13.5. The molecule has 2 bridgehead atoms. The molecule has 96 valence electrons. The second kappa shape index (κ2) is 4.76. The number of ketones is 1. The summed E-state index contributed by atoms with van der Waals surface area (Å²) in [4.78, 5) is 15.8. The number of hydrogen-bond donors (Lipinski definition) is 1. The number of rotatable bonds is 3. The van der Waals surface area contributed by atoms with Crippen molar-refractivity contribution in [2.24, 2.45) is 5.92 Å². The number of piperidine rings is 1. The van der Waals surface area contributed by atoms with E-state index in [0.29, 0.717) is 24.4 Å². The Morgan fingerprint density at radius 2 is 2.11 bits per heavy atom. The molecule has 3 rings (SSSR count). The number of nitrogens with one attached hydrogen (secondary N) is 1. The van der Waals surface area contributed by atoms with E-state index in [1.807, 2.05) is 0 Å². The average Bonchev–Trinajstić information content (AvgIpc) is 2.69. The monoisotopic (exact) mass is 248 g/mol. The Labute approximate surface area is 106 Å². The molecule has 1 N–H and O–H groups in total. The molecular formula is C14H17FN2O.